The Morgan fingerprint density at radius 3 is 2.60 bits per heavy atom. The molecule has 0 aliphatic heterocycles. The molecule has 1 amide bonds. The number of hydrogen-bond acceptors (Lipinski definition) is 4. The Bertz CT molecular complexity index is 426. The lowest BCUT2D eigenvalue weighted by molar-refractivity contribution is -0.133. The van der Waals surface area contributed by atoms with E-state index in [4.69, 9.17) is 5.11 Å². The molecular weight excluding hydrogens is 276 g/mol. The van der Waals surface area contributed by atoms with E-state index in [0.29, 0.717) is 6.54 Å². The molecule has 1 rings (SSSR count). The lowest BCUT2D eigenvalue weighted by Gasteiger charge is -2.19. The number of rotatable bonds is 9. The van der Waals surface area contributed by atoms with Crippen LogP contribution in [0, 0.1) is 0 Å². The Kier molecular flexibility index (Phi) is 7.57. The van der Waals surface area contributed by atoms with Crippen molar-refractivity contribution in [1.29, 1.82) is 0 Å². The van der Waals surface area contributed by atoms with E-state index in [2.05, 4.69) is 10.2 Å². The molecule has 0 aliphatic carbocycles. The van der Waals surface area contributed by atoms with E-state index < -0.39 is 5.97 Å². The molecule has 0 unspecified atom stereocenters. The molecule has 0 radical (unpaired) electrons. The van der Waals surface area contributed by atoms with Gasteiger partial charge in [0.25, 0.3) is 0 Å². The van der Waals surface area contributed by atoms with Gasteiger partial charge in [-0.15, -0.1) is 11.8 Å². The predicted octanol–water partition coefficient (Wildman–Crippen LogP) is 1.45. The van der Waals surface area contributed by atoms with Crippen LogP contribution in [-0.2, 0) is 9.59 Å². The van der Waals surface area contributed by atoms with E-state index >= 15 is 0 Å². The highest BCUT2D eigenvalue weighted by Gasteiger charge is 2.04. The number of carbonyl (C=O) groups excluding carboxylic acids is 1. The van der Waals surface area contributed by atoms with Gasteiger partial charge in [0.1, 0.15) is 0 Å². The first-order valence-corrected chi connectivity index (χ1v) is 7.57. The van der Waals surface area contributed by atoms with Crippen LogP contribution in [-0.4, -0.2) is 48.6 Å². The second kappa shape index (κ2) is 9.25. The van der Waals surface area contributed by atoms with E-state index in [0.717, 1.165) is 30.4 Å². The number of carboxylic acid groups (broad SMARTS) is 1. The summed E-state index contributed by atoms with van der Waals surface area (Å²) in [6.45, 7) is 1.45. The Morgan fingerprint density at radius 1 is 1.25 bits per heavy atom. The van der Waals surface area contributed by atoms with Gasteiger partial charge in [-0.25, -0.2) is 0 Å². The molecule has 1 aromatic rings. The molecule has 0 atom stereocenters. The third-order valence-electron chi connectivity index (χ3n) is 2.65. The van der Waals surface area contributed by atoms with Crippen LogP contribution in [0.4, 0.5) is 5.69 Å². The fourth-order valence-corrected chi connectivity index (χ4v) is 2.20. The van der Waals surface area contributed by atoms with E-state index in [-0.39, 0.29) is 17.4 Å². The zero-order valence-electron chi connectivity index (χ0n) is 11.5. The molecular formula is C14H20N2O3S. The Hall–Kier alpha value is -1.69. The van der Waals surface area contributed by atoms with Gasteiger partial charge >= 0.3 is 5.97 Å². The molecule has 0 saturated carbocycles. The minimum Gasteiger partial charge on any atom is -0.481 e. The number of anilines is 1. The number of carboxylic acids is 1. The van der Waals surface area contributed by atoms with Crippen LogP contribution in [0.2, 0.25) is 0 Å². The summed E-state index contributed by atoms with van der Waals surface area (Å²) in [5.41, 5.74) is 1.15. The standard InChI is InChI=1S/C14H20N2O3S/c1-16(12-6-3-2-4-7-12)9-5-8-15-13(17)10-20-11-14(18)19/h2-4,6-7H,5,8-11H2,1H3,(H,15,17)(H,18,19). The van der Waals surface area contributed by atoms with Crippen LogP contribution in [0.15, 0.2) is 30.3 Å². The molecule has 6 heteroatoms. The zero-order chi connectivity index (χ0) is 14.8. The largest absolute Gasteiger partial charge is 0.481 e. The summed E-state index contributed by atoms with van der Waals surface area (Å²) >= 11 is 1.11. The zero-order valence-corrected chi connectivity index (χ0v) is 12.4. The van der Waals surface area contributed by atoms with E-state index in [1.54, 1.807) is 0 Å². The second-order valence-corrected chi connectivity index (χ2v) is 5.33. The van der Waals surface area contributed by atoms with Gasteiger partial charge in [0.05, 0.1) is 11.5 Å². The summed E-state index contributed by atoms with van der Waals surface area (Å²) in [4.78, 5) is 23.8. The van der Waals surface area contributed by atoms with Crippen LogP contribution in [0.3, 0.4) is 0 Å². The van der Waals surface area contributed by atoms with Gasteiger partial charge < -0.3 is 15.3 Å². The number of amides is 1. The molecule has 0 aliphatic rings. The second-order valence-electron chi connectivity index (χ2n) is 4.35. The molecule has 0 heterocycles. The SMILES string of the molecule is CN(CCCNC(=O)CSCC(=O)O)c1ccccc1. The summed E-state index contributed by atoms with van der Waals surface area (Å²) in [5.74, 6) is -0.851. The third kappa shape index (κ3) is 7.04. The first-order chi connectivity index (χ1) is 9.59. The summed E-state index contributed by atoms with van der Waals surface area (Å²) in [5, 5.41) is 11.2. The molecule has 0 fully saturated rings. The molecule has 2 N–H and O–H groups in total. The van der Waals surface area contributed by atoms with Crippen molar-refractivity contribution >= 4 is 29.3 Å². The topological polar surface area (TPSA) is 69.6 Å². The summed E-state index contributed by atoms with van der Waals surface area (Å²) in [6.07, 6.45) is 0.848. The van der Waals surface area contributed by atoms with Crippen molar-refractivity contribution < 1.29 is 14.7 Å². The Balaban J connectivity index is 2.09. The highest BCUT2D eigenvalue weighted by molar-refractivity contribution is 8.00. The number of carbonyl (C=O) groups is 2. The first-order valence-electron chi connectivity index (χ1n) is 6.42. The van der Waals surface area contributed by atoms with Crippen molar-refractivity contribution in [2.45, 2.75) is 6.42 Å². The molecule has 0 aromatic heterocycles. The van der Waals surface area contributed by atoms with Crippen LogP contribution in [0.1, 0.15) is 6.42 Å². The maximum atomic E-state index is 11.4. The Labute approximate surface area is 123 Å². The van der Waals surface area contributed by atoms with Crippen molar-refractivity contribution in [3.05, 3.63) is 30.3 Å². The van der Waals surface area contributed by atoms with Crippen molar-refractivity contribution in [2.75, 3.05) is 36.5 Å². The van der Waals surface area contributed by atoms with E-state index in [1.165, 1.54) is 0 Å². The van der Waals surface area contributed by atoms with E-state index in [9.17, 15) is 9.59 Å². The van der Waals surface area contributed by atoms with Crippen molar-refractivity contribution in [3.8, 4) is 0 Å². The van der Waals surface area contributed by atoms with Gasteiger partial charge in [-0.3, -0.25) is 9.59 Å². The molecule has 20 heavy (non-hydrogen) atoms. The monoisotopic (exact) mass is 296 g/mol. The van der Waals surface area contributed by atoms with Crippen LogP contribution >= 0.6 is 11.8 Å². The van der Waals surface area contributed by atoms with Crippen molar-refractivity contribution in [1.82, 2.24) is 5.32 Å². The van der Waals surface area contributed by atoms with Crippen molar-refractivity contribution in [2.24, 2.45) is 0 Å². The maximum absolute atomic E-state index is 11.4. The van der Waals surface area contributed by atoms with Crippen LogP contribution in [0.25, 0.3) is 0 Å². The molecule has 0 saturated heterocycles. The van der Waals surface area contributed by atoms with Gasteiger partial charge in [0.2, 0.25) is 5.91 Å². The van der Waals surface area contributed by atoms with Gasteiger partial charge in [-0.2, -0.15) is 0 Å². The van der Waals surface area contributed by atoms with E-state index in [1.807, 2.05) is 37.4 Å². The number of nitrogens with one attached hydrogen (secondary N) is 1. The Morgan fingerprint density at radius 2 is 1.95 bits per heavy atom. The number of aliphatic carboxylic acids is 1. The smallest absolute Gasteiger partial charge is 0.313 e. The summed E-state index contributed by atoms with van der Waals surface area (Å²) in [7, 11) is 2.01. The number of thioether (sulfide) groups is 1. The molecule has 0 spiro atoms. The minimum absolute atomic E-state index is 0.0375. The third-order valence-corrected chi connectivity index (χ3v) is 3.57. The molecule has 5 nitrogen and oxygen atoms in total. The lowest BCUT2D eigenvalue weighted by atomic mass is 10.3. The maximum Gasteiger partial charge on any atom is 0.313 e. The van der Waals surface area contributed by atoms with Crippen LogP contribution < -0.4 is 10.2 Å². The summed E-state index contributed by atoms with van der Waals surface area (Å²) < 4.78 is 0. The van der Waals surface area contributed by atoms with Gasteiger partial charge in [0.15, 0.2) is 0 Å². The van der Waals surface area contributed by atoms with Gasteiger partial charge in [0, 0.05) is 25.8 Å². The number of hydrogen-bond donors (Lipinski definition) is 2. The quantitative estimate of drug-likeness (QED) is 0.675. The lowest BCUT2D eigenvalue weighted by Crippen LogP contribution is -2.29. The molecule has 110 valence electrons. The highest BCUT2D eigenvalue weighted by Crippen LogP contribution is 2.10. The normalized spacial score (nSPS) is 10.1. The van der Waals surface area contributed by atoms with Gasteiger partial charge in [-0.1, -0.05) is 18.2 Å². The van der Waals surface area contributed by atoms with Crippen LogP contribution in [0.5, 0.6) is 0 Å². The average molecular weight is 296 g/mol. The summed E-state index contributed by atoms with van der Waals surface area (Å²) in [6, 6.07) is 10.1. The predicted molar refractivity (Wildman–Crippen MR) is 82.3 cm³/mol. The first kappa shape index (κ1) is 16.4. The van der Waals surface area contributed by atoms with Gasteiger partial charge in [-0.05, 0) is 18.6 Å². The highest BCUT2D eigenvalue weighted by atomic mass is 32.2. The number of nitrogens with zero attached hydrogens (tertiary/aromatic N) is 1. The average Bonchev–Trinajstić information content (AvgIpc) is 2.44. The fourth-order valence-electron chi connectivity index (χ4n) is 1.64. The van der Waals surface area contributed by atoms with Crippen molar-refractivity contribution in [3.63, 3.8) is 0 Å². The molecule has 0 bridgehead atoms. The minimum atomic E-state index is -0.896. The number of para-hydroxylation sites is 1. The number of benzene rings is 1. The fraction of sp³-hybridized carbons (Fsp3) is 0.429. The molecule has 1 aromatic carbocycles.